The lowest BCUT2D eigenvalue weighted by Gasteiger charge is -2.30. The van der Waals surface area contributed by atoms with E-state index in [2.05, 4.69) is 10.3 Å². The van der Waals surface area contributed by atoms with Crippen LogP contribution in [0.15, 0.2) is 41.3 Å². The number of benzene rings is 2. The maximum Gasteiger partial charge on any atom is 0.243 e. The van der Waals surface area contributed by atoms with E-state index in [4.69, 9.17) is 9.47 Å². The second-order valence-corrected chi connectivity index (χ2v) is 10.6. The molecule has 1 aliphatic heterocycles. The van der Waals surface area contributed by atoms with Crippen LogP contribution in [0.5, 0.6) is 11.5 Å². The first-order chi connectivity index (χ1) is 15.3. The number of carbonyl (C=O) groups excluding carboxylic acids is 1. The van der Waals surface area contributed by atoms with Crippen LogP contribution in [0.2, 0.25) is 0 Å². The molecule has 0 aliphatic carbocycles. The second-order valence-electron chi connectivity index (χ2n) is 7.63. The van der Waals surface area contributed by atoms with Gasteiger partial charge in [-0.05, 0) is 43.5 Å². The molecule has 1 aliphatic rings. The van der Waals surface area contributed by atoms with E-state index >= 15 is 0 Å². The summed E-state index contributed by atoms with van der Waals surface area (Å²) in [6, 6.07) is 10.5. The van der Waals surface area contributed by atoms with Crippen LogP contribution in [0.4, 0.5) is 5.13 Å². The number of methoxy groups -OCH3 is 2. The topological polar surface area (TPSA) is 97.8 Å². The van der Waals surface area contributed by atoms with E-state index in [0.717, 1.165) is 15.8 Å². The Morgan fingerprint density at radius 3 is 2.50 bits per heavy atom. The summed E-state index contributed by atoms with van der Waals surface area (Å²) in [7, 11) is -0.733. The Kier molecular flexibility index (Phi) is 6.36. The molecular weight excluding hydrogens is 450 g/mol. The van der Waals surface area contributed by atoms with Crippen LogP contribution in [0.3, 0.4) is 0 Å². The average molecular weight is 476 g/mol. The number of ether oxygens (including phenoxy) is 2. The van der Waals surface area contributed by atoms with Crippen LogP contribution in [0, 0.1) is 12.8 Å². The number of hydrogen-bond donors (Lipinski definition) is 1. The predicted octanol–water partition coefficient (Wildman–Crippen LogP) is 3.66. The first-order valence-corrected chi connectivity index (χ1v) is 12.5. The van der Waals surface area contributed by atoms with E-state index < -0.39 is 10.0 Å². The van der Waals surface area contributed by atoms with Gasteiger partial charge in [0.25, 0.3) is 0 Å². The average Bonchev–Trinajstić information content (AvgIpc) is 3.22. The maximum atomic E-state index is 13.1. The number of para-hydroxylation sites is 1. The Morgan fingerprint density at radius 2 is 1.84 bits per heavy atom. The predicted molar refractivity (Wildman–Crippen MR) is 124 cm³/mol. The van der Waals surface area contributed by atoms with Crippen molar-refractivity contribution >= 4 is 42.6 Å². The van der Waals surface area contributed by atoms with Gasteiger partial charge in [0, 0.05) is 25.1 Å². The number of nitrogens with one attached hydrogen (secondary N) is 1. The molecule has 32 heavy (non-hydrogen) atoms. The summed E-state index contributed by atoms with van der Waals surface area (Å²) in [5.74, 6) is 0.436. The summed E-state index contributed by atoms with van der Waals surface area (Å²) in [4.78, 5) is 17.4. The van der Waals surface area contributed by atoms with Gasteiger partial charge in [-0.15, -0.1) is 0 Å². The molecular formula is C22H25N3O5S2. The molecule has 170 valence electrons. The van der Waals surface area contributed by atoms with Crippen molar-refractivity contribution < 1.29 is 22.7 Å². The van der Waals surface area contributed by atoms with Crippen molar-refractivity contribution in [3.05, 3.63) is 42.0 Å². The molecule has 2 heterocycles. The molecule has 1 fully saturated rings. The number of sulfonamides is 1. The van der Waals surface area contributed by atoms with Gasteiger partial charge in [0.15, 0.2) is 16.6 Å². The molecule has 0 radical (unpaired) electrons. The molecule has 0 unspecified atom stereocenters. The number of carbonyl (C=O) groups is 1. The number of hydrogen-bond acceptors (Lipinski definition) is 7. The van der Waals surface area contributed by atoms with Gasteiger partial charge in [0.05, 0.1) is 29.3 Å². The number of rotatable bonds is 6. The fraction of sp³-hybridized carbons (Fsp3) is 0.364. The molecule has 0 bridgehead atoms. The van der Waals surface area contributed by atoms with E-state index in [1.807, 2.05) is 25.1 Å². The molecule has 1 saturated heterocycles. The third kappa shape index (κ3) is 4.30. The van der Waals surface area contributed by atoms with Crippen LogP contribution in [0.1, 0.15) is 18.4 Å². The van der Waals surface area contributed by atoms with Crippen molar-refractivity contribution in [3.8, 4) is 11.5 Å². The standard InChI is InChI=1S/C22H25N3O5S2/c1-14-5-4-6-19-20(14)23-22(31-19)24-21(26)15-9-11-25(12-10-15)32(27,28)16-7-8-17(29-2)18(13-16)30-3/h4-8,13,15H,9-12H2,1-3H3,(H,23,24,26). The molecule has 1 N–H and O–H groups in total. The third-order valence-electron chi connectivity index (χ3n) is 5.67. The largest absolute Gasteiger partial charge is 0.493 e. The molecule has 2 aromatic carbocycles. The van der Waals surface area contributed by atoms with Crippen LogP contribution in [0.25, 0.3) is 10.2 Å². The first kappa shape index (κ1) is 22.5. The lowest BCUT2D eigenvalue weighted by Crippen LogP contribution is -2.41. The van der Waals surface area contributed by atoms with Crippen LogP contribution in [-0.2, 0) is 14.8 Å². The summed E-state index contributed by atoms with van der Waals surface area (Å²) in [5, 5.41) is 3.48. The van der Waals surface area contributed by atoms with Gasteiger partial charge >= 0.3 is 0 Å². The molecule has 4 rings (SSSR count). The normalized spacial score (nSPS) is 15.6. The van der Waals surface area contributed by atoms with Crippen molar-refractivity contribution in [1.82, 2.24) is 9.29 Å². The lowest BCUT2D eigenvalue weighted by molar-refractivity contribution is -0.120. The van der Waals surface area contributed by atoms with Crippen LogP contribution >= 0.6 is 11.3 Å². The molecule has 0 spiro atoms. The molecule has 1 aromatic heterocycles. The number of aromatic nitrogens is 1. The fourth-order valence-corrected chi connectivity index (χ4v) is 6.26. The summed E-state index contributed by atoms with van der Waals surface area (Å²) < 4.78 is 39.0. The summed E-state index contributed by atoms with van der Waals surface area (Å²) >= 11 is 1.44. The minimum absolute atomic E-state index is 0.120. The maximum absolute atomic E-state index is 13.1. The highest BCUT2D eigenvalue weighted by molar-refractivity contribution is 7.89. The zero-order valence-corrected chi connectivity index (χ0v) is 19.8. The molecule has 0 atom stereocenters. The van der Waals surface area contributed by atoms with Gasteiger partial charge in [-0.3, -0.25) is 4.79 Å². The highest BCUT2D eigenvalue weighted by Crippen LogP contribution is 2.33. The Hall–Kier alpha value is -2.69. The van der Waals surface area contributed by atoms with Gasteiger partial charge in [-0.2, -0.15) is 4.31 Å². The Morgan fingerprint density at radius 1 is 1.12 bits per heavy atom. The molecule has 1 amide bonds. The van der Waals surface area contributed by atoms with Crippen molar-refractivity contribution in [1.29, 1.82) is 0 Å². The molecule has 10 heteroatoms. The third-order valence-corrected chi connectivity index (χ3v) is 8.50. The minimum atomic E-state index is -3.69. The van der Waals surface area contributed by atoms with Gasteiger partial charge in [-0.1, -0.05) is 23.5 Å². The first-order valence-electron chi connectivity index (χ1n) is 10.2. The highest BCUT2D eigenvalue weighted by atomic mass is 32.2. The van der Waals surface area contributed by atoms with E-state index in [1.54, 1.807) is 6.07 Å². The van der Waals surface area contributed by atoms with Crippen molar-refractivity contribution in [2.24, 2.45) is 5.92 Å². The number of piperidine rings is 1. The van der Waals surface area contributed by atoms with Gasteiger partial charge in [0.1, 0.15) is 0 Å². The van der Waals surface area contributed by atoms with Gasteiger partial charge < -0.3 is 14.8 Å². The summed E-state index contributed by atoms with van der Waals surface area (Å²) in [5.41, 5.74) is 1.96. The number of fused-ring (bicyclic) bond motifs is 1. The van der Waals surface area contributed by atoms with Crippen LogP contribution < -0.4 is 14.8 Å². The summed E-state index contributed by atoms with van der Waals surface area (Å²) in [6.45, 7) is 2.53. The number of aryl methyl sites for hydroxylation is 1. The van der Waals surface area contributed by atoms with Crippen molar-refractivity contribution in [3.63, 3.8) is 0 Å². The van der Waals surface area contributed by atoms with Gasteiger partial charge in [0.2, 0.25) is 15.9 Å². The smallest absolute Gasteiger partial charge is 0.243 e. The Labute approximate surface area is 191 Å². The zero-order valence-electron chi connectivity index (χ0n) is 18.1. The second kappa shape index (κ2) is 9.05. The SMILES string of the molecule is COc1ccc(S(=O)(=O)N2CCC(C(=O)Nc3nc4c(C)cccc4s3)CC2)cc1OC. The fourth-order valence-electron chi connectivity index (χ4n) is 3.83. The molecule has 8 nitrogen and oxygen atoms in total. The van der Waals surface area contributed by atoms with E-state index in [-0.39, 0.29) is 29.8 Å². The molecule has 3 aromatic rings. The summed E-state index contributed by atoms with van der Waals surface area (Å²) in [6.07, 6.45) is 0.893. The number of anilines is 1. The highest BCUT2D eigenvalue weighted by Gasteiger charge is 2.33. The van der Waals surface area contributed by atoms with E-state index in [1.165, 1.54) is 42.0 Å². The number of amides is 1. The van der Waals surface area contributed by atoms with Crippen molar-refractivity contribution in [2.75, 3.05) is 32.6 Å². The lowest BCUT2D eigenvalue weighted by atomic mass is 9.97. The van der Waals surface area contributed by atoms with E-state index in [9.17, 15) is 13.2 Å². The minimum Gasteiger partial charge on any atom is -0.493 e. The van der Waals surface area contributed by atoms with E-state index in [0.29, 0.717) is 29.5 Å². The Bertz CT molecular complexity index is 1250. The van der Waals surface area contributed by atoms with Crippen LogP contribution in [-0.4, -0.2) is 50.9 Å². The Balaban J connectivity index is 1.41. The zero-order chi connectivity index (χ0) is 22.9. The quantitative estimate of drug-likeness (QED) is 0.584. The molecule has 0 saturated carbocycles. The van der Waals surface area contributed by atoms with Crippen molar-refractivity contribution in [2.45, 2.75) is 24.7 Å². The monoisotopic (exact) mass is 475 g/mol. The number of nitrogens with zero attached hydrogens (tertiary/aromatic N) is 2. The van der Waals surface area contributed by atoms with Gasteiger partial charge in [-0.25, -0.2) is 13.4 Å². The number of thiazole rings is 1.